The first-order valence-electron chi connectivity index (χ1n) is 8.80. The van der Waals surface area contributed by atoms with Crippen molar-refractivity contribution in [3.8, 4) is 0 Å². The Morgan fingerprint density at radius 1 is 1.05 bits per heavy atom. The lowest BCUT2D eigenvalue weighted by molar-refractivity contribution is 0.430. The Bertz CT molecular complexity index is 440. The first-order valence-corrected chi connectivity index (χ1v) is 8.80. The van der Waals surface area contributed by atoms with Gasteiger partial charge < -0.3 is 4.98 Å². The number of unbranched alkanes of at least 4 members (excludes halogenated alkanes) is 1. The summed E-state index contributed by atoms with van der Waals surface area (Å²) in [6.45, 7) is 18.4. The van der Waals surface area contributed by atoms with Gasteiger partial charge in [0.05, 0.1) is 5.69 Å². The second-order valence-corrected chi connectivity index (χ2v) is 7.88. The zero-order valence-electron chi connectivity index (χ0n) is 15.6. The van der Waals surface area contributed by atoms with E-state index in [1.165, 1.54) is 36.5 Å². The third kappa shape index (κ3) is 4.11. The standard InChI is InChI=1S/C19H36N2/c1-9-12-13-19(7,8)17-20-15(14(4)10-2)16(21-17)18(5,6)11-3/h14H,9-13H2,1-8H3,(H,20,21). The highest BCUT2D eigenvalue weighted by atomic mass is 15.0. The van der Waals surface area contributed by atoms with Crippen molar-refractivity contribution >= 4 is 0 Å². The molecule has 1 N–H and O–H groups in total. The van der Waals surface area contributed by atoms with E-state index in [1.807, 2.05) is 0 Å². The van der Waals surface area contributed by atoms with Gasteiger partial charge in [0.1, 0.15) is 5.82 Å². The molecule has 2 nitrogen and oxygen atoms in total. The lowest BCUT2D eigenvalue weighted by Crippen LogP contribution is -2.21. The maximum absolute atomic E-state index is 5.09. The van der Waals surface area contributed by atoms with Crippen LogP contribution in [0, 0.1) is 0 Å². The summed E-state index contributed by atoms with van der Waals surface area (Å²) in [5.41, 5.74) is 2.94. The van der Waals surface area contributed by atoms with Crippen LogP contribution in [0.5, 0.6) is 0 Å². The fourth-order valence-corrected chi connectivity index (χ4v) is 2.69. The van der Waals surface area contributed by atoms with Crippen LogP contribution in [0.4, 0.5) is 0 Å². The van der Waals surface area contributed by atoms with Crippen molar-refractivity contribution in [2.24, 2.45) is 0 Å². The first-order chi connectivity index (χ1) is 9.69. The molecule has 0 aliphatic carbocycles. The largest absolute Gasteiger partial charge is 0.345 e. The molecule has 0 spiro atoms. The molecule has 0 radical (unpaired) electrons. The maximum atomic E-state index is 5.09. The Hall–Kier alpha value is -0.790. The lowest BCUT2D eigenvalue weighted by atomic mass is 9.83. The van der Waals surface area contributed by atoms with Gasteiger partial charge in [0, 0.05) is 16.5 Å². The normalized spacial score (nSPS) is 14.5. The summed E-state index contributed by atoms with van der Waals surface area (Å²) < 4.78 is 0. The Labute approximate surface area is 132 Å². The highest BCUT2D eigenvalue weighted by Gasteiger charge is 2.32. The zero-order chi connectivity index (χ0) is 16.3. The average molecular weight is 293 g/mol. The highest BCUT2D eigenvalue weighted by molar-refractivity contribution is 5.28. The number of H-pyrrole nitrogens is 1. The van der Waals surface area contributed by atoms with E-state index in [4.69, 9.17) is 4.98 Å². The van der Waals surface area contributed by atoms with Crippen LogP contribution >= 0.6 is 0 Å². The number of imidazole rings is 1. The second kappa shape index (κ2) is 6.98. The minimum absolute atomic E-state index is 0.139. The quantitative estimate of drug-likeness (QED) is 0.618. The summed E-state index contributed by atoms with van der Waals surface area (Å²) in [4.78, 5) is 8.80. The Morgan fingerprint density at radius 3 is 2.14 bits per heavy atom. The number of aromatic amines is 1. The molecule has 0 bridgehead atoms. The van der Waals surface area contributed by atoms with E-state index >= 15 is 0 Å². The number of aromatic nitrogens is 2. The van der Waals surface area contributed by atoms with Gasteiger partial charge in [-0.05, 0) is 25.2 Å². The van der Waals surface area contributed by atoms with Gasteiger partial charge in [-0.3, -0.25) is 0 Å². The van der Waals surface area contributed by atoms with Gasteiger partial charge >= 0.3 is 0 Å². The fraction of sp³-hybridized carbons (Fsp3) is 0.842. The topological polar surface area (TPSA) is 28.7 Å². The van der Waals surface area contributed by atoms with Crippen LogP contribution in [0.15, 0.2) is 0 Å². The number of nitrogens with one attached hydrogen (secondary N) is 1. The van der Waals surface area contributed by atoms with Crippen LogP contribution in [-0.2, 0) is 10.8 Å². The first kappa shape index (κ1) is 18.3. The van der Waals surface area contributed by atoms with E-state index in [-0.39, 0.29) is 10.8 Å². The Morgan fingerprint density at radius 2 is 1.67 bits per heavy atom. The molecule has 0 aliphatic heterocycles. The van der Waals surface area contributed by atoms with Crippen molar-refractivity contribution in [1.29, 1.82) is 0 Å². The summed E-state index contributed by atoms with van der Waals surface area (Å²) in [6, 6.07) is 0. The maximum Gasteiger partial charge on any atom is 0.112 e. The van der Waals surface area contributed by atoms with Gasteiger partial charge in [-0.25, -0.2) is 4.98 Å². The van der Waals surface area contributed by atoms with E-state index in [2.05, 4.69) is 60.4 Å². The highest BCUT2D eigenvalue weighted by Crippen LogP contribution is 2.36. The molecule has 1 unspecified atom stereocenters. The number of hydrogen-bond donors (Lipinski definition) is 1. The zero-order valence-corrected chi connectivity index (χ0v) is 15.6. The van der Waals surface area contributed by atoms with Crippen molar-refractivity contribution < 1.29 is 0 Å². The van der Waals surface area contributed by atoms with Crippen LogP contribution in [0.3, 0.4) is 0 Å². The number of hydrogen-bond acceptors (Lipinski definition) is 1. The molecule has 2 heteroatoms. The van der Waals surface area contributed by atoms with Crippen LogP contribution < -0.4 is 0 Å². The van der Waals surface area contributed by atoms with Crippen LogP contribution in [-0.4, -0.2) is 9.97 Å². The summed E-state index contributed by atoms with van der Waals surface area (Å²) in [5, 5.41) is 0. The Kier molecular flexibility index (Phi) is 6.07. The minimum atomic E-state index is 0.139. The van der Waals surface area contributed by atoms with E-state index < -0.39 is 0 Å². The van der Waals surface area contributed by atoms with Gasteiger partial charge in [-0.1, -0.05) is 68.2 Å². The summed E-state index contributed by atoms with van der Waals surface area (Å²) in [7, 11) is 0. The average Bonchev–Trinajstić information content (AvgIpc) is 2.91. The lowest BCUT2D eigenvalue weighted by Gasteiger charge is -2.24. The summed E-state index contributed by atoms with van der Waals surface area (Å²) in [6.07, 6.45) is 5.98. The molecule has 0 saturated carbocycles. The molecule has 1 aromatic heterocycles. The molecule has 0 saturated heterocycles. The molecule has 0 amide bonds. The smallest absolute Gasteiger partial charge is 0.112 e. The molecule has 1 rings (SSSR count). The van der Waals surface area contributed by atoms with Gasteiger partial charge in [0.2, 0.25) is 0 Å². The van der Waals surface area contributed by atoms with E-state index in [0.717, 1.165) is 12.8 Å². The van der Waals surface area contributed by atoms with E-state index in [1.54, 1.807) is 0 Å². The van der Waals surface area contributed by atoms with Gasteiger partial charge in [-0.15, -0.1) is 0 Å². The minimum Gasteiger partial charge on any atom is -0.345 e. The van der Waals surface area contributed by atoms with Crippen LogP contribution in [0.1, 0.15) is 111 Å². The molecule has 1 atom stereocenters. The van der Waals surface area contributed by atoms with Crippen molar-refractivity contribution in [2.45, 2.75) is 104 Å². The second-order valence-electron chi connectivity index (χ2n) is 7.88. The van der Waals surface area contributed by atoms with Crippen LogP contribution in [0.25, 0.3) is 0 Å². The molecule has 0 aliphatic rings. The predicted octanol–water partition coefficient (Wildman–Crippen LogP) is 6.08. The van der Waals surface area contributed by atoms with Gasteiger partial charge in [-0.2, -0.15) is 0 Å². The van der Waals surface area contributed by atoms with Gasteiger partial charge in [0.15, 0.2) is 0 Å². The van der Waals surface area contributed by atoms with Gasteiger partial charge in [0.25, 0.3) is 0 Å². The van der Waals surface area contributed by atoms with Crippen molar-refractivity contribution in [1.82, 2.24) is 9.97 Å². The summed E-state index contributed by atoms with van der Waals surface area (Å²) >= 11 is 0. The molecule has 1 heterocycles. The molecular formula is C19H36N2. The molecule has 0 fully saturated rings. The number of rotatable bonds is 8. The molecule has 0 aromatic carbocycles. The third-order valence-electron chi connectivity index (χ3n) is 5.16. The van der Waals surface area contributed by atoms with Crippen molar-refractivity contribution in [3.05, 3.63) is 17.2 Å². The SMILES string of the molecule is CCCCC(C)(C)c1nc(C(C)(C)CC)c(C(C)CC)[nH]1. The Balaban J connectivity index is 3.26. The van der Waals surface area contributed by atoms with Crippen LogP contribution in [0.2, 0.25) is 0 Å². The molecule has 1 aromatic rings. The molecular weight excluding hydrogens is 256 g/mol. The van der Waals surface area contributed by atoms with Crippen molar-refractivity contribution in [2.75, 3.05) is 0 Å². The fourth-order valence-electron chi connectivity index (χ4n) is 2.69. The number of nitrogens with zero attached hydrogens (tertiary/aromatic N) is 1. The monoisotopic (exact) mass is 292 g/mol. The van der Waals surface area contributed by atoms with Crippen molar-refractivity contribution in [3.63, 3.8) is 0 Å². The third-order valence-corrected chi connectivity index (χ3v) is 5.16. The predicted molar refractivity (Wildman–Crippen MR) is 93.2 cm³/mol. The molecule has 21 heavy (non-hydrogen) atoms. The summed E-state index contributed by atoms with van der Waals surface area (Å²) in [5.74, 6) is 1.73. The molecule has 122 valence electrons. The van der Waals surface area contributed by atoms with E-state index in [9.17, 15) is 0 Å². The van der Waals surface area contributed by atoms with E-state index in [0.29, 0.717) is 5.92 Å².